The Balaban J connectivity index is 2.28. The summed E-state index contributed by atoms with van der Waals surface area (Å²) in [5.74, 6) is -1.24. The zero-order valence-corrected chi connectivity index (χ0v) is 12.8. The molecule has 116 valence electrons. The van der Waals surface area contributed by atoms with Crippen LogP contribution in [0.4, 0.5) is 13.2 Å². The van der Waals surface area contributed by atoms with Crippen molar-refractivity contribution in [1.82, 2.24) is 15.0 Å². The molecule has 2 aromatic heterocycles. The first-order valence-electron chi connectivity index (χ1n) is 6.28. The Labute approximate surface area is 136 Å². The summed E-state index contributed by atoms with van der Waals surface area (Å²) in [7, 11) is -2.27. The maximum atomic E-state index is 13.5. The van der Waals surface area contributed by atoms with Crippen molar-refractivity contribution in [3.63, 3.8) is 0 Å². The Morgan fingerprint density at radius 3 is 2.57 bits per heavy atom. The van der Waals surface area contributed by atoms with Gasteiger partial charge in [0, 0.05) is 12.3 Å². The Hall–Kier alpha value is -2.24. The Morgan fingerprint density at radius 2 is 1.91 bits per heavy atom. The zero-order chi connectivity index (χ0) is 16.6. The highest BCUT2D eigenvalue weighted by Gasteiger charge is 2.51. The Kier molecular flexibility index (Phi) is 3.92. The van der Waals surface area contributed by atoms with Crippen LogP contribution in [-0.4, -0.2) is 15.0 Å². The molecule has 3 rings (SSSR count). The van der Waals surface area contributed by atoms with Crippen LogP contribution in [0.5, 0.6) is 0 Å². The van der Waals surface area contributed by atoms with Gasteiger partial charge < -0.3 is 0 Å². The third kappa shape index (κ3) is 2.85. The number of aromatic nitrogens is 3. The predicted molar refractivity (Wildman–Crippen MR) is 80.0 cm³/mol. The number of rotatable bonds is 2. The molecule has 0 amide bonds. The summed E-state index contributed by atoms with van der Waals surface area (Å²) < 4.78 is 40.7. The van der Waals surface area contributed by atoms with Crippen molar-refractivity contribution in [3.8, 4) is 6.07 Å². The van der Waals surface area contributed by atoms with Gasteiger partial charge in [0.2, 0.25) is 9.98 Å². The highest BCUT2D eigenvalue weighted by Crippen LogP contribution is 2.52. The number of fused-ring (bicyclic) bond motifs is 1. The van der Waals surface area contributed by atoms with Gasteiger partial charge in [-0.1, -0.05) is 12.1 Å². The first kappa shape index (κ1) is 15.6. The van der Waals surface area contributed by atoms with Gasteiger partial charge in [0.05, 0.1) is 11.8 Å². The minimum Gasteiger partial charge on any atom is -0.227 e. The summed E-state index contributed by atoms with van der Waals surface area (Å²) in [6, 6.07) is 9.21. The smallest absolute Gasteiger partial charge is 0.227 e. The largest absolute Gasteiger partial charge is 0.602 e. The Morgan fingerprint density at radius 1 is 1.17 bits per heavy atom. The highest BCUT2D eigenvalue weighted by atomic mass is 35.5. The lowest BCUT2D eigenvalue weighted by Gasteiger charge is -2.04. The number of thiazole rings is 1. The third-order valence-corrected chi connectivity index (χ3v) is 5.25. The molecular weight excluding hydrogens is 349 g/mol. The lowest BCUT2D eigenvalue weighted by Crippen LogP contribution is -2.06. The summed E-state index contributed by atoms with van der Waals surface area (Å²) >= 11 is 5.68. The maximum absolute atomic E-state index is 13.5. The monoisotopic (exact) mass is 355 g/mol. The quantitative estimate of drug-likeness (QED) is 0.499. The van der Waals surface area contributed by atoms with Gasteiger partial charge in [0.25, 0.3) is 5.01 Å². The topological polar surface area (TPSA) is 62.5 Å². The molecular formula is C14H7ClF3N4S+. The fraction of sp³-hybridized carbons (Fsp3) is 0.143. The van der Waals surface area contributed by atoms with E-state index in [4.69, 9.17) is 11.6 Å². The molecule has 0 N–H and O–H groups in total. The number of halogens is 4. The zero-order valence-electron chi connectivity index (χ0n) is 11.3. The molecule has 0 radical (unpaired) electrons. The number of alkyl halides is 3. The molecule has 2 atom stereocenters. The van der Waals surface area contributed by atoms with Crippen LogP contribution in [0.3, 0.4) is 0 Å². The molecule has 3 aromatic rings. The van der Waals surface area contributed by atoms with E-state index in [1.165, 1.54) is 30.5 Å². The van der Waals surface area contributed by atoms with E-state index in [9.17, 15) is 18.4 Å². The fourth-order valence-electron chi connectivity index (χ4n) is 2.18. The molecule has 0 aliphatic heterocycles. The molecule has 1 aromatic carbocycles. The molecule has 2 heterocycles. The van der Waals surface area contributed by atoms with E-state index in [-0.39, 0.29) is 26.2 Å². The molecule has 0 saturated heterocycles. The second-order valence-corrected chi connectivity index (χ2v) is 6.75. The van der Waals surface area contributed by atoms with E-state index in [2.05, 4.69) is 15.0 Å². The summed E-state index contributed by atoms with van der Waals surface area (Å²) in [5, 5.41) is 8.99. The van der Waals surface area contributed by atoms with Crippen LogP contribution in [0, 0.1) is 11.3 Å². The van der Waals surface area contributed by atoms with E-state index in [1.807, 2.05) is 6.07 Å². The van der Waals surface area contributed by atoms with Gasteiger partial charge in [-0.2, -0.15) is 10.2 Å². The number of hydrogen-bond donors (Lipinski definition) is 0. The van der Waals surface area contributed by atoms with Gasteiger partial charge in [-0.15, -0.1) is 13.2 Å². The molecule has 9 heteroatoms. The van der Waals surface area contributed by atoms with Gasteiger partial charge in [0.1, 0.15) is 16.0 Å². The summed E-state index contributed by atoms with van der Waals surface area (Å²) in [4.78, 5) is 11.6. The number of nitrogens with zero attached hydrogens (tertiary/aromatic N) is 4. The van der Waals surface area contributed by atoms with Crippen LogP contribution < -0.4 is 0 Å². The van der Waals surface area contributed by atoms with Crippen molar-refractivity contribution in [3.05, 3.63) is 52.5 Å². The summed E-state index contributed by atoms with van der Waals surface area (Å²) in [5.41, 5.74) is -4.21. The van der Waals surface area contributed by atoms with Crippen LogP contribution in [-0.2, 0) is 5.51 Å². The molecule has 0 spiro atoms. The van der Waals surface area contributed by atoms with Gasteiger partial charge >= 0.3 is 5.51 Å². The van der Waals surface area contributed by atoms with Crippen molar-refractivity contribution < 1.29 is 13.2 Å². The van der Waals surface area contributed by atoms with Crippen LogP contribution >= 0.6 is 22.1 Å². The maximum Gasteiger partial charge on any atom is 0.602 e. The first-order valence-corrected chi connectivity index (χ1v) is 7.89. The first-order chi connectivity index (χ1) is 10.9. The number of para-hydroxylation sites is 1. The average Bonchev–Trinajstić information content (AvgIpc) is 2.87. The molecule has 2 unspecified atom stereocenters. The molecule has 4 nitrogen and oxygen atoms in total. The van der Waals surface area contributed by atoms with Gasteiger partial charge in [-0.05, 0) is 23.7 Å². The molecule has 0 aliphatic rings. The standard InChI is InChI=1S/C14H7ClF3N4S/c15-13-20-6-5-9(22-13)8(7-19)12-21-10-3-1-2-4-11(10)23(12)14(16,17)18/h1-6,8H/q+1. The number of benzene rings is 1. The number of nitriles is 1. The van der Waals surface area contributed by atoms with Crippen LogP contribution in [0.15, 0.2) is 36.5 Å². The van der Waals surface area contributed by atoms with E-state index in [0.29, 0.717) is 0 Å². The molecule has 0 bridgehead atoms. The van der Waals surface area contributed by atoms with E-state index in [1.54, 1.807) is 6.07 Å². The minimum atomic E-state index is -4.53. The lowest BCUT2D eigenvalue weighted by atomic mass is 10.1. The molecule has 0 aliphatic carbocycles. The van der Waals surface area contributed by atoms with E-state index < -0.39 is 21.9 Å². The third-order valence-electron chi connectivity index (χ3n) is 3.08. The van der Waals surface area contributed by atoms with E-state index >= 15 is 0 Å². The number of hydrogen-bond acceptors (Lipinski definition) is 4. The average molecular weight is 356 g/mol. The van der Waals surface area contributed by atoms with Crippen LogP contribution in [0.25, 0.3) is 10.2 Å². The van der Waals surface area contributed by atoms with Crippen molar-refractivity contribution in [1.29, 1.82) is 5.26 Å². The summed E-state index contributed by atoms with van der Waals surface area (Å²) in [6.07, 6.45) is 1.30. The lowest BCUT2D eigenvalue weighted by molar-refractivity contribution is -0.0868. The molecule has 0 fully saturated rings. The SMILES string of the molecule is N#CC(c1ccnc(Cl)n1)c1nc2ccccc2[s+]1C(F)(F)F. The van der Waals surface area contributed by atoms with Crippen molar-refractivity contribution in [2.24, 2.45) is 0 Å². The molecule has 0 saturated carbocycles. The summed E-state index contributed by atoms with van der Waals surface area (Å²) in [6.45, 7) is 0. The van der Waals surface area contributed by atoms with Crippen molar-refractivity contribution >= 4 is 32.3 Å². The minimum absolute atomic E-state index is 0.0652. The highest BCUT2D eigenvalue weighted by molar-refractivity contribution is 7.38. The van der Waals surface area contributed by atoms with Crippen LogP contribution in [0.1, 0.15) is 16.6 Å². The van der Waals surface area contributed by atoms with Crippen LogP contribution in [0.2, 0.25) is 5.28 Å². The van der Waals surface area contributed by atoms with E-state index in [0.717, 1.165) is 0 Å². The molecule has 23 heavy (non-hydrogen) atoms. The van der Waals surface area contributed by atoms with Crippen molar-refractivity contribution in [2.45, 2.75) is 11.4 Å². The van der Waals surface area contributed by atoms with Gasteiger partial charge in [-0.25, -0.2) is 9.97 Å². The predicted octanol–water partition coefficient (Wildman–Crippen LogP) is 4.56. The normalized spacial score (nSPS) is 13.8. The van der Waals surface area contributed by atoms with Gasteiger partial charge in [-0.3, -0.25) is 0 Å². The second-order valence-electron chi connectivity index (χ2n) is 4.48. The van der Waals surface area contributed by atoms with Gasteiger partial charge in [0.15, 0.2) is 5.92 Å². The fourth-order valence-corrected chi connectivity index (χ4v) is 4.18. The van der Waals surface area contributed by atoms with Crippen molar-refractivity contribution in [2.75, 3.05) is 0 Å². The second kappa shape index (κ2) is 5.76. The Bertz CT molecular complexity index is 916.